The number of aliphatic hydroxyl groups is 1. The van der Waals surface area contributed by atoms with Gasteiger partial charge in [0.05, 0.1) is 11.6 Å². The van der Waals surface area contributed by atoms with Crippen molar-refractivity contribution in [3.05, 3.63) is 53.9 Å². The van der Waals surface area contributed by atoms with Crippen LogP contribution in [0.1, 0.15) is 21.6 Å². The molecule has 1 aliphatic rings. The standard InChI is InChI=1S/C20H19F6N3O5S/c1-4-18(31,20(24,25)26)14-9-34-16-13(35(32,33)28-14)8-29(3)15(16)17(30)27-11-6-5-10(2)12(7-11)19(21,22)23/h4-8,14,28,31H,1,9H2,2-3H3,(H,27,30). The van der Waals surface area contributed by atoms with E-state index in [0.717, 1.165) is 16.8 Å². The molecule has 0 radical (unpaired) electrons. The number of carbonyl (C=O) groups excluding carboxylic acids is 1. The normalized spacial score (nSPS) is 19.6. The first-order valence-electron chi connectivity index (χ1n) is 9.68. The Morgan fingerprint density at radius 1 is 1.29 bits per heavy atom. The number of benzene rings is 1. The fourth-order valence-corrected chi connectivity index (χ4v) is 4.94. The van der Waals surface area contributed by atoms with Crippen LogP contribution in [-0.4, -0.2) is 48.4 Å². The van der Waals surface area contributed by atoms with Crippen molar-refractivity contribution in [2.75, 3.05) is 11.9 Å². The summed E-state index contributed by atoms with van der Waals surface area (Å²) in [6.07, 6.45) is -9.04. The number of rotatable bonds is 4. The SMILES string of the molecule is C=CC(O)(C1COc2c(cn(C)c2C(=O)Nc2ccc(C)c(C(F)(F)F)c2)S(=O)(=O)N1)C(F)(F)F. The molecule has 1 aliphatic heterocycles. The van der Waals surface area contributed by atoms with Gasteiger partial charge < -0.3 is 19.7 Å². The number of nitrogens with one attached hydrogen (secondary N) is 2. The molecule has 192 valence electrons. The summed E-state index contributed by atoms with van der Waals surface area (Å²) in [6.45, 7) is 3.09. The molecule has 15 heteroatoms. The Balaban J connectivity index is 2.00. The number of carbonyl (C=O) groups is 1. The number of nitrogens with zero attached hydrogens (tertiary/aromatic N) is 1. The van der Waals surface area contributed by atoms with Crippen molar-refractivity contribution in [2.45, 2.75) is 35.8 Å². The Morgan fingerprint density at radius 2 is 1.91 bits per heavy atom. The van der Waals surface area contributed by atoms with E-state index in [1.807, 2.05) is 0 Å². The fraction of sp³-hybridized carbons (Fsp3) is 0.350. The molecule has 0 aliphatic carbocycles. The van der Waals surface area contributed by atoms with E-state index in [-0.39, 0.29) is 17.3 Å². The number of anilines is 1. The molecule has 0 spiro atoms. The van der Waals surface area contributed by atoms with Gasteiger partial charge in [0.2, 0.25) is 10.0 Å². The predicted octanol–water partition coefficient (Wildman–Crippen LogP) is 3.12. The number of hydrogen-bond acceptors (Lipinski definition) is 5. The Bertz CT molecular complexity index is 1290. The van der Waals surface area contributed by atoms with Gasteiger partial charge in [-0.05, 0) is 30.7 Å². The van der Waals surface area contributed by atoms with E-state index in [1.165, 1.54) is 20.0 Å². The van der Waals surface area contributed by atoms with Crippen LogP contribution < -0.4 is 14.8 Å². The summed E-state index contributed by atoms with van der Waals surface area (Å²) >= 11 is 0. The van der Waals surface area contributed by atoms with E-state index in [2.05, 4.69) is 11.9 Å². The highest BCUT2D eigenvalue weighted by Gasteiger charge is 2.58. The molecule has 2 heterocycles. The molecule has 0 saturated heterocycles. The van der Waals surface area contributed by atoms with Crippen LogP contribution in [0.15, 0.2) is 41.9 Å². The van der Waals surface area contributed by atoms with E-state index < -0.39 is 68.4 Å². The molecule has 3 rings (SSSR count). The average Bonchev–Trinajstić information content (AvgIpc) is 3.00. The molecule has 8 nitrogen and oxygen atoms in total. The smallest absolute Gasteiger partial charge is 0.422 e. The molecule has 0 saturated carbocycles. The molecule has 2 unspecified atom stereocenters. The third-order valence-electron chi connectivity index (χ3n) is 5.40. The molecule has 2 aromatic rings. The molecule has 35 heavy (non-hydrogen) atoms. The summed E-state index contributed by atoms with van der Waals surface area (Å²) in [5.74, 6) is -1.73. The van der Waals surface area contributed by atoms with Crippen molar-refractivity contribution < 1.29 is 49.4 Å². The van der Waals surface area contributed by atoms with Crippen molar-refractivity contribution in [1.29, 1.82) is 0 Å². The van der Waals surface area contributed by atoms with Crippen LogP contribution in [0.5, 0.6) is 5.75 Å². The van der Waals surface area contributed by atoms with Crippen LogP contribution >= 0.6 is 0 Å². The van der Waals surface area contributed by atoms with Crippen LogP contribution in [0, 0.1) is 6.92 Å². The number of amides is 1. The van der Waals surface area contributed by atoms with E-state index >= 15 is 0 Å². The largest absolute Gasteiger partial charge is 0.488 e. The zero-order valence-electron chi connectivity index (χ0n) is 18.1. The lowest BCUT2D eigenvalue weighted by molar-refractivity contribution is -0.249. The Hall–Kier alpha value is -3.04. The molecule has 0 fully saturated rings. The molecule has 1 aromatic carbocycles. The quantitative estimate of drug-likeness (QED) is 0.418. The number of sulfonamides is 1. The van der Waals surface area contributed by atoms with Gasteiger partial charge in [0, 0.05) is 18.9 Å². The van der Waals surface area contributed by atoms with Gasteiger partial charge in [0.1, 0.15) is 11.5 Å². The number of ether oxygens (including phenoxy) is 1. The molecule has 1 aromatic heterocycles. The Labute approximate surface area is 195 Å². The van der Waals surface area contributed by atoms with E-state index in [4.69, 9.17) is 4.74 Å². The van der Waals surface area contributed by atoms with Crippen LogP contribution in [0.25, 0.3) is 0 Å². The van der Waals surface area contributed by atoms with Crippen LogP contribution in [0.4, 0.5) is 32.0 Å². The minimum absolute atomic E-state index is 0.103. The summed E-state index contributed by atoms with van der Waals surface area (Å²) in [5, 5.41) is 12.3. The maximum Gasteiger partial charge on any atom is 0.422 e. The third kappa shape index (κ3) is 4.75. The molecular weight excluding hydrogens is 508 g/mol. The lowest BCUT2D eigenvalue weighted by atomic mass is 9.95. The van der Waals surface area contributed by atoms with Gasteiger partial charge in [-0.3, -0.25) is 4.79 Å². The maximum atomic E-state index is 13.4. The average molecular weight is 527 g/mol. The molecular formula is C20H19F6N3O5S. The van der Waals surface area contributed by atoms with Crippen LogP contribution in [0.3, 0.4) is 0 Å². The Kier molecular flexibility index (Phi) is 6.50. The first-order valence-corrected chi connectivity index (χ1v) is 11.2. The van der Waals surface area contributed by atoms with E-state index in [9.17, 15) is 44.7 Å². The zero-order chi connectivity index (χ0) is 26.6. The highest BCUT2D eigenvalue weighted by atomic mass is 32.2. The predicted molar refractivity (Wildman–Crippen MR) is 110 cm³/mol. The number of alkyl halides is 6. The topological polar surface area (TPSA) is 110 Å². The number of halogens is 6. The molecule has 2 atom stereocenters. The van der Waals surface area contributed by atoms with Gasteiger partial charge in [-0.25, -0.2) is 13.1 Å². The second kappa shape index (κ2) is 8.57. The molecule has 1 amide bonds. The fourth-order valence-electron chi connectivity index (χ4n) is 3.49. The summed E-state index contributed by atoms with van der Waals surface area (Å²) in [7, 11) is -3.53. The highest BCUT2D eigenvalue weighted by Crippen LogP contribution is 2.39. The number of aromatic nitrogens is 1. The highest BCUT2D eigenvalue weighted by molar-refractivity contribution is 7.89. The maximum absolute atomic E-state index is 13.4. The zero-order valence-corrected chi connectivity index (χ0v) is 18.9. The lowest BCUT2D eigenvalue weighted by Gasteiger charge is -2.33. The van der Waals surface area contributed by atoms with E-state index in [1.54, 1.807) is 4.72 Å². The number of aryl methyl sites for hydroxylation is 2. The minimum atomic E-state index is -5.33. The van der Waals surface area contributed by atoms with E-state index in [0.29, 0.717) is 6.07 Å². The van der Waals surface area contributed by atoms with Crippen molar-refractivity contribution in [3.8, 4) is 5.75 Å². The van der Waals surface area contributed by atoms with Crippen molar-refractivity contribution in [2.24, 2.45) is 7.05 Å². The van der Waals surface area contributed by atoms with Gasteiger partial charge in [-0.1, -0.05) is 12.6 Å². The lowest BCUT2D eigenvalue weighted by Crippen LogP contribution is -2.61. The van der Waals surface area contributed by atoms with Gasteiger partial charge in [0.15, 0.2) is 17.0 Å². The summed E-state index contributed by atoms with van der Waals surface area (Å²) in [6, 6.07) is 0.724. The Morgan fingerprint density at radius 3 is 2.46 bits per heavy atom. The van der Waals surface area contributed by atoms with Gasteiger partial charge in [-0.15, -0.1) is 0 Å². The van der Waals surface area contributed by atoms with Crippen molar-refractivity contribution >= 4 is 21.6 Å². The first-order chi connectivity index (χ1) is 15.9. The molecule has 3 N–H and O–H groups in total. The van der Waals surface area contributed by atoms with Gasteiger partial charge in [-0.2, -0.15) is 26.3 Å². The first kappa shape index (κ1) is 26.6. The second-order valence-electron chi connectivity index (χ2n) is 7.78. The van der Waals surface area contributed by atoms with Crippen LogP contribution in [0.2, 0.25) is 0 Å². The molecule has 0 bridgehead atoms. The monoisotopic (exact) mass is 527 g/mol. The van der Waals surface area contributed by atoms with Gasteiger partial charge >= 0.3 is 12.4 Å². The second-order valence-corrected chi connectivity index (χ2v) is 9.46. The third-order valence-corrected chi connectivity index (χ3v) is 6.86. The summed E-state index contributed by atoms with van der Waals surface area (Å²) < 4.78 is 113. The number of fused-ring (bicyclic) bond motifs is 1. The van der Waals surface area contributed by atoms with Crippen LogP contribution in [-0.2, 0) is 23.2 Å². The van der Waals surface area contributed by atoms with Crippen molar-refractivity contribution in [1.82, 2.24) is 9.29 Å². The number of hydrogen-bond donors (Lipinski definition) is 3. The van der Waals surface area contributed by atoms with Crippen molar-refractivity contribution in [3.63, 3.8) is 0 Å². The summed E-state index contributed by atoms with van der Waals surface area (Å²) in [5.41, 5.74) is -5.58. The minimum Gasteiger partial charge on any atom is -0.488 e. The van der Waals surface area contributed by atoms with Gasteiger partial charge in [0.25, 0.3) is 5.91 Å². The summed E-state index contributed by atoms with van der Waals surface area (Å²) in [4.78, 5) is 12.2.